The lowest BCUT2D eigenvalue weighted by molar-refractivity contribution is 0.0986. The van der Waals surface area contributed by atoms with Crippen LogP contribution in [0, 0.1) is 6.92 Å². The van der Waals surface area contributed by atoms with Crippen LogP contribution >= 0.6 is 0 Å². The largest absolute Gasteiger partial charge is 0.326 e. The molecular formula is C18H22N2O. The van der Waals surface area contributed by atoms with Crippen LogP contribution in [-0.4, -0.2) is 12.5 Å². The average molecular weight is 282 g/mol. The van der Waals surface area contributed by atoms with Crippen molar-refractivity contribution in [1.29, 1.82) is 0 Å². The molecule has 21 heavy (non-hydrogen) atoms. The van der Waals surface area contributed by atoms with Crippen molar-refractivity contribution >= 4 is 11.6 Å². The molecule has 0 heterocycles. The molecule has 0 aliphatic rings. The Hall–Kier alpha value is -2.13. The van der Waals surface area contributed by atoms with Crippen molar-refractivity contribution < 1.29 is 4.79 Å². The average Bonchev–Trinajstić information content (AvgIpc) is 2.52. The van der Waals surface area contributed by atoms with Crippen LogP contribution in [-0.2, 0) is 6.54 Å². The predicted octanol–water partition coefficient (Wildman–Crippen LogP) is 3.51. The minimum Gasteiger partial charge on any atom is -0.326 e. The smallest absolute Gasteiger partial charge is 0.258 e. The molecule has 2 N–H and O–H groups in total. The summed E-state index contributed by atoms with van der Waals surface area (Å²) in [7, 11) is 0. The highest BCUT2D eigenvalue weighted by Crippen LogP contribution is 2.20. The number of nitrogens with two attached hydrogens (primary N) is 1. The minimum absolute atomic E-state index is 0.0513. The summed E-state index contributed by atoms with van der Waals surface area (Å²) in [5, 5.41) is 0. The van der Waals surface area contributed by atoms with Gasteiger partial charge in [-0.15, -0.1) is 0 Å². The van der Waals surface area contributed by atoms with E-state index in [0.29, 0.717) is 13.1 Å². The molecule has 0 unspecified atom stereocenters. The van der Waals surface area contributed by atoms with Gasteiger partial charge in [-0.1, -0.05) is 37.3 Å². The Morgan fingerprint density at radius 1 is 1.10 bits per heavy atom. The topological polar surface area (TPSA) is 46.3 Å². The quantitative estimate of drug-likeness (QED) is 0.912. The van der Waals surface area contributed by atoms with Crippen LogP contribution in [0.15, 0.2) is 48.5 Å². The molecule has 1 amide bonds. The van der Waals surface area contributed by atoms with Crippen molar-refractivity contribution in [1.82, 2.24) is 0 Å². The van der Waals surface area contributed by atoms with Gasteiger partial charge in [0.15, 0.2) is 0 Å². The lowest BCUT2D eigenvalue weighted by atomic mass is 10.1. The number of carbonyl (C=O) groups is 1. The molecule has 3 heteroatoms. The summed E-state index contributed by atoms with van der Waals surface area (Å²) in [5.74, 6) is 0.0513. The summed E-state index contributed by atoms with van der Waals surface area (Å²) in [6.45, 7) is 5.26. The van der Waals surface area contributed by atoms with Gasteiger partial charge in [-0.05, 0) is 42.7 Å². The summed E-state index contributed by atoms with van der Waals surface area (Å²) >= 11 is 0. The van der Waals surface area contributed by atoms with Gasteiger partial charge in [0.1, 0.15) is 0 Å². The fourth-order valence-electron chi connectivity index (χ4n) is 2.34. The molecule has 2 aromatic rings. The van der Waals surface area contributed by atoms with E-state index in [0.717, 1.165) is 28.8 Å². The maximum absolute atomic E-state index is 12.8. The number of hydrogen-bond acceptors (Lipinski definition) is 2. The molecule has 0 radical (unpaired) electrons. The third-order valence-corrected chi connectivity index (χ3v) is 3.55. The van der Waals surface area contributed by atoms with E-state index in [1.807, 2.05) is 60.4 Å². The first-order valence-electron chi connectivity index (χ1n) is 7.34. The van der Waals surface area contributed by atoms with Gasteiger partial charge in [-0.2, -0.15) is 0 Å². The lowest BCUT2D eigenvalue weighted by Crippen LogP contribution is -2.32. The van der Waals surface area contributed by atoms with Crippen LogP contribution in [0.4, 0.5) is 5.69 Å². The van der Waals surface area contributed by atoms with Gasteiger partial charge in [0, 0.05) is 24.3 Å². The summed E-state index contributed by atoms with van der Waals surface area (Å²) < 4.78 is 0. The van der Waals surface area contributed by atoms with Crippen LogP contribution in [0.3, 0.4) is 0 Å². The Bertz CT molecular complexity index is 605. The molecular weight excluding hydrogens is 260 g/mol. The molecule has 0 spiro atoms. The van der Waals surface area contributed by atoms with E-state index in [1.165, 1.54) is 0 Å². The third kappa shape index (κ3) is 3.50. The first-order valence-corrected chi connectivity index (χ1v) is 7.34. The van der Waals surface area contributed by atoms with Gasteiger partial charge in [0.25, 0.3) is 5.91 Å². The molecule has 0 aliphatic carbocycles. The van der Waals surface area contributed by atoms with Crippen molar-refractivity contribution in [3.8, 4) is 0 Å². The Balaban J connectivity index is 2.33. The van der Waals surface area contributed by atoms with Crippen LogP contribution < -0.4 is 10.6 Å². The Kier molecular flexibility index (Phi) is 5.12. The molecule has 0 fully saturated rings. The number of amides is 1. The number of nitrogens with zero attached hydrogens (tertiary/aromatic N) is 1. The molecule has 0 aromatic heterocycles. The Morgan fingerprint density at radius 3 is 2.33 bits per heavy atom. The third-order valence-electron chi connectivity index (χ3n) is 3.55. The van der Waals surface area contributed by atoms with Crippen LogP contribution in [0.5, 0.6) is 0 Å². The highest BCUT2D eigenvalue weighted by Gasteiger charge is 2.18. The van der Waals surface area contributed by atoms with Gasteiger partial charge in [0.05, 0.1) is 0 Å². The van der Waals surface area contributed by atoms with E-state index in [9.17, 15) is 4.79 Å². The van der Waals surface area contributed by atoms with E-state index in [2.05, 4.69) is 6.92 Å². The van der Waals surface area contributed by atoms with E-state index < -0.39 is 0 Å². The molecule has 110 valence electrons. The number of hydrogen-bond donors (Lipinski definition) is 1. The normalized spacial score (nSPS) is 10.4. The van der Waals surface area contributed by atoms with Crippen LogP contribution in [0.2, 0.25) is 0 Å². The summed E-state index contributed by atoms with van der Waals surface area (Å²) in [5.41, 5.74) is 9.37. The van der Waals surface area contributed by atoms with E-state index in [-0.39, 0.29) is 5.91 Å². The van der Waals surface area contributed by atoms with Crippen LogP contribution in [0.1, 0.15) is 34.8 Å². The standard InChI is InChI=1S/C18H22N2O/c1-3-12-20(16-10-8-15(13-19)9-11-16)18(21)17-7-5-4-6-14(17)2/h4-11H,3,12-13,19H2,1-2H3. The van der Waals surface area contributed by atoms with Crippen LogP contribution in [0.25, 0.3) is 0 Å². The fourth-order valence-corrected chi connectivity index (χ4v) is 2.34. The molecule has 0 saturated heterocycles. The number of anilines is 1. The molecule has 3 nitrogen and oxygen atoms in total. The first kappa shape index (κ1) is 15.3. The van der Waals surface area contributed by atoms with Gasteiger partial charge in [-0.25, -0.2) is 0 Å². The number of rotatable bonds is 5. The van der Waals surface area contributed by atoms with Crippen molar-refractivity contribution in [2.24, 2.45) is 5.73 Å². The summed E-state index contributed by atoms with van der Waals surface area (Å²) in [4.78, 5) is 14.6. The molecule has 0 aliphatic heterocycles. The zero-order chi connectivity index (χ0) is 15.2. The van der Waals surface area contributed by atoms with Crippen molar-refractivity contribution in [3.05, 3.63) is 65.2 Å². The first-order chi connectivity index (χ1) is 10.2. The Labute approximate surface area is 126 Å². The summed E-state index contributed by atoms with van der Waals surface area (Å²) in [6.07, 6.45) is 0.913. The second-order valence-electron chi connectivity index (χ2n) is 5.14. The lowest BCUT2D eigenvalue weighted by Gasteiger charge is -2.23. The van der Waals surface area contributed by atoms with E-state index >= 15 is 0 Å². The van der Waals surface area contributed by atoms with Crippen molar-refractivity contribution in [3.63, 3.8) is 0 Å². The van der Waals surface area contributed by atoms with Gasteiger partial charge in [-0.3, -0.25) is 4.79 Å². The second kappa shape index (κ2) is 7.04. The fraction of sp³-hybridized carbons (Fsp3) is 0.278. The second-order valence-corrected chi connectivity index (χ2v) is 5.14. The Morgan fingerprint density at radius 2 is 1.76 bits per heavy atom. The van der Waals surface area contributed by atoms with Gasteiger partial charge >= 0.3 is 0 Å². The predicted molar refractivity (Wildman–Crippen MR) is 87.5 cm³/mol. The zero-order valence-corrected chi connectivity index (χ0v) is 12.7. The van der Waals surface area contributed by atoms with Gasteiger partial charge in [0.2, 0.25) is 0 Å². The summed E-state index contributed by atoms with van der Waals surface area (Å²) in [6, 6.07) is 15.6. The molecule has 0 atom stereocenters. The van der Waals surface area contributed by atoms with E-state index in [1.54, 1.807) is 0 Å². The highest BCUT2D eigenvalue weighted by molar-refractivity contribution is 6.07. The van der Waals surface area contributed by atoms with Crippen molar-refractivity contribution in [2.45, 2.75) is 26.8 Å². The zero-order valence-electron chi connectivity index (χ0n) is 12.7. The van der Waals surface area contributed by atoms with Gasteiger partial charge < -0.3 is 10.6 Å². The molecule has 0 saturated carbocycles. The van der Waals surface area contributed by atoms with E-state index in [4.69, 9.17) is 5.73 Å². The molecule has 0 bridgehead atoms. The number of aryl methyl sites for hydroxylation is 1. The number of benzene rings is 2. The maximum atomic E-state index is 12.8. The monoisotopic (exact) mass is 282 g/mol. The van der Waals surface area contributed by atoms with Crippen molar-refractivity contribution in [2.75, 3.05) is 11.4 Å². The highest BCUT2D eigenvalue weighted by atomic mass is 16.2. The number of carbonyl (C=O) groups excluding carboxylic acids is 1. The minimum atomic E-state index is 0.0513. The molecule has 2 aromatic carbocycles. The maximum Gasteiger partial charge on any atom is 0.258 e. The SMILES string of the molecule is CCCN(C(=O)c1ccccc1C)c1ccc(CN)cc1. The molecule has 2 rings (SSSR count).